The van der Waals surface area contributed by atoms with E-state index in [2.05, 4.69) is 35.2 Å². The summed E-state index contributed by atoms with van der Waals surface area (Å²) in [6.45, 7) is 1.90. The van der Waals surface area contributed by atoms with Crippen molar-refractivity contribution < 1.29 is 8.78 Å². The molecule has 30 heavy (non-hydrogen) atoms. The number of H-pyrrole nitrogens is 1. The topological polar surface area (TPSA) is 92.3 Å². The lowest BCUT2D eigenvalue weighted by Gasteiger charge is -2.19. The van der Waals surface area contributed by atoms with Crippen LogP contribution in [-0.2, 0) is 0 Å². The van der Waals surface area contributed by atoms with E-state index in [9.17, 15) is 8.78 Å². The normalized spacial score (nSPS) is 12.4. The average Bonchev–Trinajstić information content (AvgIpc) is 3.23. The number of fused-ring (bicyclic) bond motifs is 2. The molecule has 5 aromatic rings. The van der Waals surface area contributed by atoms with E-state index in [0.29, 0.717) is 33.9 Å². The molecule has 9 heteroatoms. The standard InChI is InChI=1S/C21H15F2N7/c1-11(29-21-19-20(26-9-25-19)27-10-28-21)13-8-14-15(23)6-12(22)7-17(14)30-18(13)16-4-2-3-5-24-16/h2-11H,1H3,(H2,25,26,27,28,29). The van der Waals surface area contributed by atoms with E-state index in [0.717, 1.165) is 6.07 Å². The van der Waals surface area contributed by atoms with Crippen molar-refractivity contribution in [3.8, 4) is 11.4 Å². The van der Waals surface area contributed by atoms with Crippen LogP contribution in [0.1, 0.15) is 18.5 Å². The maximum atomic E-state index is 14.5. The molecular weight excluding hydrogens is 388 g/mol. The van der Waals surface area contributed by atoms with Crippen LogP contribution in [0.2, 0.25) is 0 Å². The van der Waals surface area contributed by atoms with Crippen molar-refractivity contribution in [1.29, 1.82) is 0 Å². The number of hydrogen-bond donors (Lipinski definition) is 2. The molecule has 0 radical (unpaired) electrons. The largest absolute Gasteiger partial charge is 0.362 e. The minimum absolute atomic E-state index is 0.224. The van der Waals surface area contributed by atoms with Gasteiger partial charge in [0.15, 0.2) is 11.5 Å². The molecule has 5 rings (SSSR count). The van der Waals surface area contributed by atoms with Gasteiger partial charge in [0.1, 0.15) is 23.5 Å². The predicted molar refractivity (Wildman–Crippen MR) is 109 cm³/mol. The van der Waals surface area contributed by atoms with E-state index >= 15 is 0 Å². The van der Waals surface area contributed by atoms with Gasteiger partial charge in [0.05, 0.1) is 29.3 Å². The highest BCUT2D eigenvalue weighted by molar-refractivity contribution is 5.85. The van der Waals surface area contributed by atoms with Crippen molar-refractivity contribution in [3.05, 3.63) is 72.4 Å². The Bertz CT molecular complexity index is 1370. The molecular formula is C21H15F2N7. The fourth-order valence-corrected chi connectivity index (χ4v) is 3.41. The lowest BCUT2D eigenvalue weighted by molar-refractivity contribution is 0.591. The van der Waals surface area contributed by atoms with E-state index in [-0.39, 0.29) is 16.9 Å². The third-order valence-electron chi connectivity index (χ3n) is 4.83. The van der Waals surface area contributed by atoms with Gasteiger partial charge in [-0.1, -0.05) is 6.07 Å². The molecule has 148 valence electrons. The molecule has 0 spiro atoms. The summed E-state index contributed by atoms with van der Waals surface area (Å²) in [6, 6.07) is 8.84. The van der Waals surface area contributed by atoms with Crippen LogP contribution in [0, 0.1) is 11.6 Å². The zero-order chi connectivity index (χ0) is 20.7. The van der Waals surface area contributed by atoms with E-state index in [1.165, 1.54) is 18.7 Å². The second kappa shape index (κ2) is 7.11. The van der Waals surface area contributed by atoms with Crippen LogP contribution in [-0.4, -0.2) is 29.9 Å². The molecule has 2 N–H and O–H groups in total. The summed E-state index contributed by atoms with van der Waals surface area (Å²) in [5, 5.41) is 3.54. The Morgan fingerprint density at radius 3 is 2.77 bits per heavy atom. The van der Waals surface area contributed by atoms with Gasteiger partial charge in [-0.2, -0.15) is 0 Å². The Morgan fingerprint density at radius 2 is 1.93 bits per heavy atom. The van der Waals surface area contributed by atoms with Gasteiger partial charge in [-0.15, -0.1) is 0 Å². The Kier molecular flexibility index (Phi) is 4.27. The maximum Gasteiger partial charge on any atom is 0.182 e. The molecule has 0 aliphatic carbocycles. The number of anilines is 1. The fourth-order valence-electron chi connectivity index (χ4n) is 3.41. The third kappa shape index (κ3) is 3.10. The smallest absolute Gasteiger partial charge is 0.182 e. The number of rotatable bonds is 4. The van der Waals surface area contributed by atoms with Gasteiger partial charge in [0, 0.05) is 29.3 Å². The Hall–Kier alpha value is -4.01. The number of hydrogen-bond acceptors (Lipinski definition) is 6. The summed E-state index contributed by atoms with van der Waals surface area (Å²) in [6.07, 6.45) is 4.60. The van der Waals surface area contributed by atoms with Crippen LogP contribution >= 0.6 is 0 Å². The molecule has 0 amide bonds. The van der Waals surface area contributed by atoms with Crippen molar-refractivity contribution in [2.75, 3.05) is 5.32 Å². The van der Waals surface area contributed by atoms with Gasteiger partial charge in [0.2, 0.25) is 0 Å². The Morgan fingerprint density at radius 1 is 1.03 bits per heavy atom. The number of pyridine rings is 2. The molecule has 0 aliphatic heterocycles. The summed E-state index contributed by atoms with van der Waals surface area (Å²) in [7, 11) is 0. The first-order chi connectivity index (χ1) is 14.6. The molecule has 0 bridgehead atoms. The zero-order valence-corrected chi connectivity index (χ0v) is 15.8. The van der Waals surface area contributed by atoms with Gasteiger partial charge in [-0.25, -0.2) is 28.7 Å². The summed E-state index contributed by atoms with van der Waals surface area (Å²) in [5.74, 6) is -0.797. The van der Waals surface area contributed by atoms with Gasteiger partial charge < -0.3 is 10.3 Å². The number of nitrogens with one attached hydrogen (secondary N) is 2. The van der Waals surface area contributed by atoms with Crippen molar-refractivity contribution in [3.63, 3.8) is 0 Å². The van der Waals surface area contributed by atoms with E-state index in [1.54, 1.807) is 24.4 Å². The summed E-state index contributed by atoms with van der Waals surface area (Å²) in [5.41, 5.74) is 3.23. The molecule has 0 saturated carbocycles. The van der Waals surface area contributed by atoms with Gasteiger partial charge in [-0.05, 0) is 25.1 Å². The van der Waals surface area contributed by atoms with Crippen molar-refractivity contribution >= 4 is 27.9 Å². The second-order valence-corrected chi connectivity index (χ2v) is 6.78. The number of aromatic nitrogens is 6. The van der Waals surface area contributed by atoms with Crippen molar-refractivity contribution in [2.24, 2.45) is 0 Å². The summed E-state index contributed by atoms with van der Waals surface area (Å²) >= 11 is 0. The first kappa shape index (κ1) is 18.0. The summed E-state index contributed by atoms with van der Waals surface area (Å²) in [4.78, 5) is 24.5. The second-order valence-electron chi connectivity index (χ2n) is 6.78. The molecule has 7 nitrogen and oxygen atoms in total. The molecule has 1 atom stereocenters. The van der Waals surface area contributed by atoms with Crippen molar-refractivity contribution in [2.45, 2.75) is 13.0 Å². The number of halogens is 2. The number of nitrogens with zero attached hydrogens (tertiary/aromatic N) is 5. The Balaban J connectivity index is 1.67. The highest BCUT2D eigenvalue weighted by Gasteiger charge is 2.19. The van der Waals surface area contributed by atoms with Crippen LogP contribution in [0.25, 0.3) is 33.5 Å². The Labute approximate surface area is 169 Å². The maximum absolute atomic E-state index is 14.5. The predicted octanol–water partition coefficient (Wildman–Crippen LogP) is 4.41. The average molecular weight is 403 g/mol. The third-order valence-corrected chi connectivity index (χ3v) is 4.83. The molecule has 4 aromatic heterocycles. The van der Waals surface area contributed by atoms with Gasteiger partial charge >= 0.3 is 0 Å². The highest BCUT2D eigenvalue weighted by Crippen LogP contribution is 2.32. The van der Waals surface area contributed by atoms with Crippen LogP contribution in [0.15, 0.2) is 55.2 Å². The van der Waals surface area contributed by atoms with E-state index in [4.69, 9.17) is 0 Å². The van der Waals surface area contributed by atoms with Crippen LogP contribution in [0.3, 0.4) is 0 Å². The SMILES string of the molecule is CC(Nc1ncnc2nc[nH]c12)c1cc2c(F)cc(F)cc2nc1-c1ccccn1. The van der Waals surface area contributed by atoms with Gasteiger partial charge in [-0.3, -0.25) is 4.98 Å². The van der Waals surface area contributed by atoms with Crippen LogP contribution in [0.4, 0.5) is 14.6 Å². The first-order valence-corrected chi connectivity index (χ1v) is 9.22. The number of imidazole rings is 1. The monoisotopic (exact) mass is 403 g/mol. The minimum Gasteiger partial charge on any atom is -0.362 e. The number of aromatic amines is 1. The van der Waals surface area contributed by atoms with Gasteiger partial charge in [0.25, 0.3) is 0 Å². The molecule has 4 heterocycles. The molecule has 1 aromatic carbocycles. The summed E-state index contributed by atoms with van der Waals surface area (Å²) < 4.78 is 28.2. The molecule has 1 unspecified atom stereocenters. The van der Waals surface area contributed by atoms with Crippen molar-refractivity contribution in [1.82, 2.24) is 29.9 Å². The van der Waals surface area contributed by atoms with Crippen LogP contribution in [0.5, 0.6) is 0 Å². The molecule has 0 aliphatic rings. The number of benzene rings is 1. The molecule has 0 saturated heterocycles. The quantitative estimate of drug-likeness (QED) is 0.462. The van der Waals surface area contributed by atoms with E-state index < -0.39 is 11.6 Å². The van der Waals surface area contributed by atoms with E-state index in [1.807, 2.05) is 13.0 Å². The fraction of sp³-hybridized carbons (Fsp3) is 0.0952. The lowest BCUT2D eigenvalue weighted by atomic mass is 10.0. The zero-order valence-electron chi connectivity index (χ0n) is 15.8. The minimum atomic E-state index is -0.680. The first-order valence-electron chi connectivity index (χ1n) is 9.22. The molecule has 0 fully saturated rings. The van der Waals surface area contributed by atoms with Crippen LogP contribution < -0.4 is 5.32 Å². The highest BCUT2D eigenvalue weighted by atomic mass is 19.1. The lowest BCUT2D eigenvalue weighted by Crippen LogP contribution is -2.11.